The van der Waals surface area contributed by atoms with Gasteiger partial charge in [-0.25, -0.2) is 0 Å². The van der Waals surface area contributed by atoms with Crippen LogP contribution in [0.2, 0.25) is 0 Å². The van der Waals surface area contributed by atoms with Crippen LogP contribution in [0, 0.1) is 0 Å². The first-order chi connectivity index (χ1) is 0. The number of hydrogen-bond acceptors (Lipinski definition) is 0. The van der Waals surface area contributed by atoms with E-state index in [1.54, 1.807) is 0 Å². The van der Waals surface area contributed by atoms with Crippen molar-refractivity contribution in [3.05, 3.63) is 0 Å². The second-order valence-electron chi connectivity index (χ2n) is 0. The van der Waals surface area contributed by atoms with Crippen molar-refractivity contribution >= 4 is 29.6 Å². The normalized spacial score (nSPS) is 0. The van der Waals surface area contributed by atoms with Gasteiger partial charge in [-0.3, -0.25) is 0 Å². The van der Waals surface area contributed by atoms with Gasteiger partial charge in [0.2, 0.25) is 0 Å². The molecule has 0 saturated carbocycles. The zero-order valence-corrected chi connectivity index (χ0v) is 4.23. The van der Waals surface area contributed by atoms with Crippen molar-refractivity contribution in [2.75, 3.05) is 0 Å². The zero-order chi connectivity index (χ0) is 0. The van der Waals surface area contributed by atoms with Crippen molar-refractivity contribution in [1.82, 2.24) is 0 Å². The van der Waals surface area contributed by atoms with Crippen LogP contribution in [0.15, 0.2) is 0 Å². The van der Waals surface area contributed by atoms with Gasteiger partial charge in [-0.05, 0) is 0 Å². The number of rotatable bonds is 0. The Morgan fingerprint density at radius 3 is 1.00 bits per heavy atom. The Labute approximate surface area is 79.3 Å². The molecule has 0 bridgehead atoms. The van der Waals surface area contributed by atoms with E-state index in [2.05, 4.69) is 0 Å². The fourth-order valence-corrected chi connectivity index (χ4v) is 0. The summed E-state index contributed by atoms with van der Waals surface area (Å²) in [6.07, 6.45) is 0. The largest absolute Gasteiger partial charge is 0 e. The predicted molar refractivity (Wildman–Crippen MR) is 7.15 cm³/mol. The van der Waals surface area contributed by atoms with Crippen molar-refractivity contribution in [3.63, 3.8) is 0 Å². The molecule has 0 aromatic rings. The Balaban J connectivity index is 0. The van der Waals surface area contributed by atoms with E-state index in [9.17, 15) is 0 Å². The van der Waals surface area contributed by atoms with Crippen molar-refractivity contribution in [3.8, 4) is 0 Å². The van der Waals surface area contributed by atoms with Gasteiger partial charge >= 0.3 is 29.6 Å². The minimum Gasteiger partial charge on any atom is 0 e. The molecular formula is HCrCuNaNi. The third-order valence-electron chi connectivity index (χ3n) is 0. The van der Waals surface area contributed by atoms with Gasteiger partial charge in [0.05, 0.1) is 0 Å². The standard InChI is InChI=1S/Cr.Cu.Na.Ni.H. The van der Waals surface area contributed by atoms with E-state index in [1.807, 2.05) is 0 Å². The average molecular weight is 198 g/mol. The molecule has 0 fully saturated rings. The maximum atomic E-state index is 0. The monoisotopic (exact) mass is 197 g/mol. The fourth-order valence-electron chi connectivity index (χ4n) is 0. The molecule has 29 valence electrons. The van der Waals surface area contributed by atoms with Gasteiger partial charge in [0.1, 0.15) is 0 Å². The molecule has 0 aliphatic heterocycles. The van der Waals surface area contributed by atoms with Gasteiger partial charge in [0.15, 0.2) is 0 Å². The number of hydrogen-bond donors (Lipinski definition) is 0. The Hall–Kier alpha value is 2.55. The Morgan fingerprint density at radius 1 is 1.00 bits per heavy atom. The summed E-state index contributed by atoms with van der Waals surface area (Å²) in [6, 6.07) is 0. The van der Waals surface area contributed by atoms with Gasteiger partial charge in [0, 0.05) is 50.9 Å². The summed E-state index contributed by atoms with van der Waals surface area (Å²) < 4.78 is 0. The molecule has 0 N–H and O–H groups in total. The molecule has 0 nitrogen and oxygen atoms in total. The van der Waals surface area contributed by atoms with E-state index in [0.29, 0.717) is 0 Å². The van der Waals surface area contributed by atoms with Gasteiger partial charge in [-0.1, -0.05) is 0 Å². The van der Waals surface area contributed by atoms with Gasteiger partial charge in [-0.15, -0.1) is 0 Å². The molecule has 0 aromatic carbocycles. The second-order valence-corrected chi connectivity index (χ2v) is 0. The molecule has 4 heavy (non-hydrogen) atoms. The van der Waals surface area contributed by atoms with E-state index < -0.39 is 0 Å². The third-order valence-corrected chi connectivity index (χ3v) is 0. The van der Waals surface area contributed by atoms with Crippen LogP contribution in [0.4, 0.5) is 0 Å². The molecule has 0 spiro atoms. The van der Waals surface area contributed by atoms with E-state index in [1.165, 1.54) is 0 Å². The smallest absolute Gasteiger partial charge is 0 e. The first-order valence-electron chi connectivity index (χ1n) is 0. The summed E-state index contributed by atoms with van der Waals surface area (Å²) in [5.41, 5.74) is 0. The summed E-state index contributed by atoms with van der Waals surface area (Å²) in [4.78, 5) is 0. The molecule has 0 aliphatic rings. The maximum Gasteiger partial charge on any atom is 0 e. The summed E-state index contributed by atoms with van der Waals surface area (Å²) in [5, 5.41) is 0. The molecule has 0 aromatic heterocycles. The SMILES string of the molecule is [Cr].[Cu].[NaH].[Ni]. The van der Waals surface area contributed by atoms with Crippen LogP contribution in [-0.4, -0.2) is 29.6 Å². The molecule has 0 rings (SSSR count). The molecule has 1 radical (unpaired) electrons. The molecule has 0 atom stereocenters. The van der Waals surface area contributed by atoms with Crippen molar-refractivity contribution in [1.29, 1.82) is 0 Å². The van der Waals surface area contributed by atoms with Gasteiger partial charge in [-0.2, -0.15) is 0 Å². The average Bonchev–Trinajstić information content (AvgIpc) is 0. The minimum absolute atomic E-state index is 0. The van der Waals surface area contributed by atoms with Crippen molar-refractivity contribution in [2.24, 2.45) is 0 Å². The topological polar surface area (TPSA) is 0 Å². The van der Waals surface area contributed by atoms with Crippen LogP contribution in [0.3, 0.4) is 0 Å². The fraction of sp³-hybridized carbons (Fsp3) is 0. The summed E-state index contributed by atoms with van der Waals surface area (Å²) in [6.45, 7) is 0. The molecule has 0 saturated heterocycles. The molecular weight excluding hydrogens is 197 g/mol. The molecule has 0 aliphatic carbocycles. The minimum atomic E-state index is 0. The van der Waals surface area contributed by atoms with Crippen LogP contribution < -0.4 is 0 Å². The van der Waals surface area contributed by atoms with E-state index in [4.69, 9.17) is 0 Å². The van der Waals surface area contributed by atoms with Crippen LogP contribution in [-0.2, 0) is 50.9 Å². The van der Waals surface area contributed by atoms with Crippen LogP contribution in [0.25, 0.3) is 0 Å². The molecule has 0 amide bonds. The van der Waals surface area contributed by atoms with Crippen LogP contribution in [0.1, 0.15) is 0 Å². The summed E-state index contributed by atoms with van der Waals surface area (Å²) in [7, 11) is 0. The second kappa shape index (κ2) is 17.7. The van der Waals surface area contributed by atoms with Crippen molar-refractivity contribution in [2.45, 2.75) is 0 Å². The zero-order valence-electron chi connectivity index (χ0n) is 1.03. The predicted octanol–water partition coefficient (Wildman–Crippen LogP) is -0.656. The van der Waals surface area contributed by atoms with E-state index in [0.717, 1.165) is 0 Å². The third kappa shape index (κ3) is 8.82. The molecule has 0 unspecified atom stereocenters. The maximum absolute atomic E-state index is 0. The van der Waals surface area contributed by atoms with Gasteiger partial charge in [0.25, 0.3) is 0 Å². The summed E-state index contributed by atoms with van der Waals surface area (Å²) >= 11 is 0. The quantitative estimate of drug-likeness (QED) is 0.453. The van der Waals surface area contributed by atoms with E-state index >= 15 is 0 Å². The Kier molecular flexibility index (Phi) is 137. The van der Waals surface area contributed by atoms with Crippen LogP contribution >= 0.6 is 0 Å². The Morgan fingerprint density at radius 2 is 1.00 bits per heavy atom. The van der Waals surface area contributed by atoms with E-state index in [-0.39, 0.29) is 80.5 Å². The van der Waals surface area contributed by atoms with Crippen molar-refractivity contribution < 1.29 is 50.9 Å². The molecule has 0 heterocycles. The van der Waals surface area contributed by atoms with Gasteiger partial charge < -0.3 is 0 Å². The summed E-state index contributed by atoms with van der Waals surface area (Å²) in [5.74, 6) is 0. The first-order valence-corrected chi connectivity index (χ1v) is 0. The van der Waals surface area contributed by atoms with Crippen LogP contribution in [0.5, 0.6) is 0 Å². The first kappa shape index (κ1) is 31.1. The molecule has 4 heteroatoms. The Bertz CT molecular complexity index is 8.00.